The van der Waals surface area contributed by atoms with Crippen molar-refractivity contribution < 1.29 is 19.1 Å². The smallest absolute Gasteiger partial charge is 0.258 e. The topological polar surface area (TPSA) is 96.5 Å². The summed E-state index contributed by atoms with van der Waals surface area (Å²) in [6.07, 6.45) is 8.21. The fourth-order valence-corrected chi connectivity index (χ4v) is 4.76. The molecule has 3 N–H and O–H groups in total. The van der Waals surface area contributed by atoms with Gasteiger partial charge in [0.25, 0.3) is 5.91 Å². The van der Waals surface area contributed by atoms with Crippen molar-refractivity contribution >= 4 is 17.7 Å². The first-order valence-electron chi connectivity index (χ1n) is 12.0. The van der Waals surface area contributed by atoms with Gasteiger partial charge in [-0.05, 0) is 62.1 Å². The van der Waals surface area contributed by atoms with E-state index >= 15 is 0 Å². The predicted molar refractivity (Wildman–Crippen MR) is 123 cm³/mol. The maximum absolute atomic E-state index is 12.6. The third kappa shape index (κ3) is 8.17. The molecule has 1 aromatic carbocycles. The van der Waals surface area contributed by atoms with E-state index in [-0.39, 0.29) is 36.3 Å². The van der Waals surface area contributed by atoms with Crippen molar-refractivity contribution in [2.75, 3.05) is 19.7 Å². The molecule has 2 atom stereocenters. The van der Waals surface area contributed by atoms with E-state index in [4.69, 9.17) is 4.74 Å². The van der Waals surface area contributed by atoms with Crippen molar-refractivity contribution in [2.24, 2.45) is 11.8 Å². The van der Waals surface area contributed by atoms with E-state index in [1.165, 1.54) is 6.42 Å². The van der Waals surface area contributed by atoms with E-state index in [2.05, 4.69) is 16.0 Å². The summed E-state index contributed by atoms with van der Waals surface area (Å²) in [5.41, 5.74) is 1.08. The van der Waals surface area contributed by atoms with Crippen molar-refractivity contribution in [2.45, 2.75) is 70.8 Å². The van der Waals surface area contributed by atoms with Crippen molar-refractivity contribution in [3.63, 3.8) is 0 Å². The molecule has 0 bridgehead atoms. The number of carbonyl (C=O) groups is 3. The number of amides is 3. The molecule has 0 aromatic heterocycles. The van der Waals surface area contributed by atoms with E-state index < -0.39 is 0 Å². The molecule has 1 aliphatic heterocycles. The Morgan fingerprint density at radius 1 is 1.12 bits per heavy atom. The van der Waals surface area contributed by atoms with Gasteiger partial charge in [0.1, 0.15) is 5.75 Å². The lowest BCUT2D eigenvalue weighted by atomic mass is 9.83. The minimum atomic E-state index is -0.170. The van der Waals surface area contributed by atoms with Gasteiger partial charge in [-0.1, -0.05) is 31.4 Å². The van der Waals surface area contributed by atoms with Gasteiger partial charge in [-0.25, -0.2) is 0 Å². The number of hydrogen-bond acceptors (Lipinski definition) is 4. The molecule has 1 saturated carbocycles. The Balaban J connectivity index is 1.49. The summed E-state index contributed by atoms with van der Waals surface area (Å²) in [5.74, 6) is 0.933. The van der Waals surface area contributed by atoms with Crippen LogP contribution in [0.3, 0.4) is 0 Å². The SMILES string of the molecule is Cc1cccc(OCC(=O)NC(CNC(=O)CC2CCCNC(=O)C2)C2CCCCC2)c1. The molecule has 0 spiro atoms. The molecule has 7 nitrogen and oxygen atoms in total. The van der Waals surface area contributed by atoms with Gasteiger partial charge < -0.3 is 20.7 Å². The summed E-state index contributed by atoms with van der Waals surface area (Å²) in [6, 6.07) is 7.52. The van der Waals surface area contributed by atoms with Crippen LogP contribution in [0.1, 0.15) is 63.4 Å². The van der Waals surface area contributed by atoms with Crippen molar-refractivity contribution in [3.05, 3.63) is 29.8 Å². The molecule has 2 fully saturated rings. The highest BCUT2D eigenvalue weighted by atomic mass is 16.5. The Morgan fingerprint density at radius 3 is 2.72 bits per heavy atom. The molecule has 1 aromatic rings. The molecular formula is C25H37N3O4. The Kier molecular flexibility index (Phi) is 9.38. The third-order valence-corrected chi connectivity index (χ3v) is 6.50. The first kappa shape index (κ1) is 24.1. The number of aryl methyl sites for hydroxylation is 1. The second kappa shape index (κ2) is 12.5. The average molecular weight is 444 g/mol. The van der Waals surface area contributed by atoms with Gasteiger partial charge in [-0.15, -0.1) is 0 Å². The second-order valence-electron chi connectivity index (χ2n) is 9.25. The van der Waals surface area contributed by atoms with Crippen LogP contribution < -0.4 is 20.7 Å². The molecule has 2 unspecified atom stereocenters. The van der Waals surface area contributed by atoms with Crippen LogP contribution in [-0.4, -0.2) is 43.5 Å². The minimum absolute atomic E-state index is 0.0289. The number of benzene rings is 1. The Morgan fingerprint density at radius 2 is 1.94 bits per heavy atom. The Labute approximate surface area is 191 Å². The van der Waals surface area contributed by atoms with E-state index in [0.717, 1.165) is 44.1 Å². The summed E-state index contributed by atoms with van der Waals surface area (Å²) in [6.45, 7) is 3.05. The van der Waals surface area contributed by atoms with Gasteiger partial charge in [0, 0.05) is 32.0 Å². The highest BCUT2D eigenvalue weighted by Gasteiger charge is 2.26. The molecule has 2 aliphatic rings. The van der Waals surface area contributed by atoms with Gasteiger partial charge in [-0.2, -0.15) is 0 Å². The lowest BCUT2D eigenvalue weighted by molar-refractivity contribution is -0.126. The summed E-state index contributed by atoms with van der Waals surface area (Å²) in [7, 11) is 0. The Hall–Kier alpha value is -2.57. The van der Waals surface area contributed by atoms with Gasteiger partial charge in [0.15, 0.2) is 6.61 Å². The van der Waals surface area contributed by atoms with Gasteiger partial charge in [0.05, 0.1) is 0 Å². The molecule has 3 amide bonds. The molecule has 1 saturated heterocycles. The first-order valence-corrected chi connectivity index (χ1v) is 12.0. The highest BCUT2D eigenvalue weighted by molar-refractivity contribution is 5.80. The maximum Gasteiger partial charge on any atom is 0.258 e. The summed E-state index contributed by atoms with van der Waals surface area (Å²) < 4.78 is 5.65. The molecule has 7 heteroatoms. The number of rotatable bonds is 9. The molecule has 0 radical (unpaired) electrons. The van der Waals surface area contributed by atoms with Crippen LogP contribution in [0, 0.1) is 18.8 Å². The second-order valence-corrected chi connectivity index (χ2v) is 9.25. The zero-order valence-corrected chi connectivity index (χ0v) is 19.2. The van der Waals surface area contributed by atoms with Crippen LogP contribution in [0.4, 0.5) is 0 Å². The van der Waals surface area contributed by atoms with Crippen LogP contribution in [0.25, 0.3) is 0 Å². The lowest BCUT2D eigenvalue weighted by Gasteiger charge is -2.31. The van der Waals surface area contributed by atoms with Crippen LogP contribution in [-0.2, 0) is 14.4 Å². The maximum atomic E-state index is 12.6. The molecule has 3 rings (SSSR count). The fourth-order valence-electron chi connectivity index (χ4n) is 4.76. The van der Waals surface area contributed by atoms with Crippen LogP contribution in [0.2, 0.25) is 0 Å². The van der Waals surface area contributed by atoms with Crippen LogP contribution in [0.5, 0.6) is 5.75 Å². The van der Waals surface area contributed by atoms with E-state index in [1.54, 1.807) is 0 Å². The van der Waals surface area contributed by atoms with E-state index in [0.29, 0.717) is 37.6 Å². The summed E-state index contributed by atoms with van der Waals surface area (Å²) in [4.78, 5) is 36.9. The van der Waals surface area contributed by atoms with Crippen molar-refractivity contribution in [1.82, 2.24) is 16.0 Å². The number of hydrogen-bond donors (Lipinski definition) is 3. The standard InChI is InChI=1S/C25H37N3O4/c1-18-7-5-11-21(13-18)32-17-25(31)28-22(20-9-3-2-4-10-20)16-27-24(30)15-19-8-6-12-26-23(29)14-19/h5,7,11,13,19-20,22H,2-4,6,8-10,12,14-17H2,1H3,(H,26,29)(H,27,30)(H,28,31). The van der Waals surface area contributed by atoms with Gasteiger partial charge >= 0.3 is 0 Å². The average Bonchev–Trinajstić information content (AvgIpc) is 2.99. The molecule has 1 aliphatic carbocycles. The molecule has 176 valence electrons. The zero-order valence-electron chi connectivity index (χ0n) is 19.2. The number of ether oxygens (including phenoxy) is 1. The zero-order chi connectivity index (χ0) is 22.8. The molecular weight excluding hydrogens is 406 g/mol. The largest absolute Gasteiger partial charge is 0.484 e. The van der Waals surface area contributed by atoms with E-state index in [9.17, 15) is 14.4 Å². The quantitative estimate of drug-likeness (QED) is 0.547. The third-order valence-electron chi connectivity index (χ3n) is 6.50. The molecule has 1 heterocycles. The number of carbonyl (C=O) groups excluding carboxylic acids is 3. The predicted octanol–water partition coefficient (Wildman–Crippen LogP) is 2.86. The van der Waals surface area contributed by atoms with Crippen LogP contribution in [0.15, 0.2) is 24.3 Å². The molecule has 32 heavy (non-hydrogen) atoms. The van der Waals surface area contributed by atoms with Gasteiger partial charge in [0.2, 0.25) is 11.8 Å². The fraction of sp³-hybridized carbons (Fsp3) is 0.640. The minimum Gasteiger partial charge on any atom is -0.484 e. The Bertz CT molecular complexity index is 776. The van der Waals surface area contributed by atoms with Crippen molar-refractivity contribution in [3.8, 4) is 5.75 Å². The number of nitrogens with one attached hydrogen (secondary N) is 3. The van der Waals surface area contributed by atoms with Crippen LogP contribution >= 0.6 is 0 Å². The summed E-state index contributed by atoms with van der Waals surface area (Å²) in [5, 5.41) is 8.99. The normalized spacial score (nSPS) is 20.5. The van der Waals surface area contributed by atoms with Crippen molar-refractivity contribution in [1.29, 1.82) is 0 Å². The summed E-state index contributed by atoms with van der Waals surface area (Å²) >= 11 is 0. The highest BCUT2D eigenvalue weighted by Crippen LogP contribution is 2.26. The monoisotopic (exact) mass is 443 g/mol. The lowest BCUT2D eigenvalue weighted by Crippen LogP contribution is -2.49. The van der Waals surface area contributed by atoms with Gasteiger partial charge in [-0.3, -0.25) is 14.4 Å². The van der Waals surface area contributed by atoms with E-state index in [1.807, 2.05) is 31.2 Å². The first-order chi connectivity index (χ1) is 15.5.